The minimum Gasteiger partial charge on any atom is -0.336 e. The van der Waals surface area contributed by atoms with Crippen molar-refractivity contribution in [3.05, 3.63) is 35.7 Å². The Hall–Kier alpha value is -2.89. The summed E-state index contributed by atoms with van der Waals surface area (Å²) in [7, 11) is 0. The van der Waals surface area contributed by atoms with Crippen molar-refractivity contribution in [1.29, 1.82) is 5.26 Å². The summed E-state index contributed by atoms with van der Waals surface area (Å²) in [5.74, 6) is -1.90. The van der Waals surface area contributed by atoms with Gasteiger partial charge >= 0.3 is 12.1 Å². The molecule has 0 unspecified atom stereocenters. The van der Waals surface area contributed by atoms with Gasteiger partial charge in [-0.05, 0) is 30.9 Å². The molecule has 6 nitrogen and oxygen atoms in total. The Balaban J connectivity index is 1.68. The van der Waals surface area contributed by atoms with Gasteiger partial charge in [-0.15, -0.1) is 0 Å². The van der Waals surface area contributed by atoms with E-state index in [-0.39, 0.29) is 17.3 Å². The molecular weight excluding hydrogens is 361 g/mol. The zero-order valence-corrected chi connectivity index (χ0v) is 14.3. The molecule has 1 heterocycles. The summed E-state index contributed by atoms with van der Waals surface area (Å²) in [6, 6.07) is 7.36. The number of rotatable bonds is 4. The first kappa shape index (κ1) is 18.9. The summed E-state index contributed by atoms with van der Waals surface area (Å²) >= 11 is 0. The van der Waals surface area contributed by atoms with Gasteiger partial charge < -0.3 is 9.84 Å². The largest absolute Gasteiger partial charge is 0.471 e. The van der Waals surface area contributed by atoms with Gasteiger partial charge in [0.15, 0.2) is 0 Å². The quantitative estimate of drug-likeness (QED) is 0.869. The number of alkyl halides is 3. The second-order valence-corrected chi connectivity index (χ2v) is 6.48. The smallest absolute Gasteiger partial charge is 0.336 e. The van der Waals surface area contributed by atoms with Crippen LogP contribution in [0.1, 0.15) is 48.4 Å². The first-order valence-electron chi connectivity index (χ1n) is 8.60. The summed E-state index contributed by atoms with van der Waals surface area (Å²) in [6.45, 7) is 0. The van der Waals surface area contributed by atoms with Crippen LogP contribution in [0.25, 0.3) is 11.4 Å². The molecule has 1 aliphatic rings. The molecule has 0 aliphatic heterocycles. The Kier molecular flexibility index (Phi) is 5.44. The van der Waals surface area contributed by atoms with Crippen LogP contribution >= 0.6 is 0 Å². The van der Waals surface area contributed by atoms with Crippen molar-refractivity contribution in [3.8, 4) is 17.5 Å². The zero-order chi connectivity index (χ0) is 19.4. The number of aromatic nitrogens is 2. The molecule has 3 rings (SSSR count). The zero-order valence-electron chi connectivity index (χ0n) is 14.3. The molecule has 142 valence electrons. The van der Waals surface area contributed by atoms with Crippen molar-refractivity contribution in [3.63, 3.8) is 0 Å². The maximum atomic E-state index is 12.5. The Labute approximate surface area is 153 Å². The lowest BCUT2D eigenvalue weighted by Gasteiger charge is -2.26. The molecule has 1 aromatic carbocycles. The number of hydrogen-bond acceptors (Lipinski definition) is 5. The van der Waals surface area contributed by atoms with Crippen LogP contribution < -0.4 is 5.32 Å². The van der Waals surface area contributed by atoms with Crippen molar-refractivity contribution in [2.45, 2.75) is 44.3 Å². The summed E-state index contributed by atoms with van der Waals surface area (Å²) in [5, 5.41) is 15.4. The van der Waals surface area contributed by atoms with Crippen LogP contribution in [0.3, 0.4) is 0 Å². The van der Waals surface area contributed by atoms with E-state index in [1.807, 2.05) is 0 Å². The van der Waals surface area contributed by atoms with Crippen LogP contribution in [-0.2, 0) is 6.18 Å². The summed E-state index contributed by atoms with van der Waals surface area (Å²) in [4.78, 5) is 15.7. The number of carbonyl (C=O) groups excluding carboxylic acids is 1. The second-order valence-electron chi connectivity index (χ2n) is 6.48. The molecular formula is C18H17F3N4O2. The van der Waals surface area contributed by atoms with E-state index < -0.39 is 24.0 Å². The van der Waals surface area contributed by atoms with E-state index in [1.54, 1.807) is 0 Å². The number of halogens is 3. The van der Waals surface area contributed by atoms with Gasteiger partial charge in [0, 0.05) is 11.1 Å². The Morgan fingerprint density at radius 3 is 2.44 bits per heavy atom. The highest BCUT2D eigenvalue weighted by Crippen LogP contribution is 2.29. The van der Waals surface area contributed by atoms with Gasteiger partial charge in [-0.3, -0.25) is 4.79 Å². The molecule has 1 fully saturated rings. The highest BCUT2D eigenvalue weighted by Gasteiger charge is 2.38. The van der Waals surface area contributed by atoms with Crippen LogP contribution in [0.2, 0.25) is 0 Å². The van der Waals surface area contributed by atoms with E-state index >= 15 is 0 Å². The van der Waals surface area contributed by atoms with Gasteiger partial charge in [-0.25, -0.2) is 0 Å². The molecule has 0 radical (unpaired) electrons. The predicted octanol–water partition coefficient (Wildman–Crippen LogP) is 3.96. The molecule has 1 N–H and O–H groups in total. The highest BCUT2D eigenvalue weighted by atomic mass is 19.4. The van der Waals surface area contributed by atoms with E-state index in [4.69, 9.17) is 0 Å². The summed E-state index contributed by atoms with van der Waals surface area (Å²) < 4.78 is 41.8. The molecule has 1 aliphatic carbocycles. The Morgan fingerprint density at radius 2 is 1.89 bits per heavy atom. The minimum absolute atomic E-state index is 0.145. The number of nitrogens with one attached hydrogen (secondary N) is 1. The number of carbonyl (C=O) groups is 1. The number of hydrogen-bond donors (Lipinski definition) is 1. The van der Waals surface area contributed by atoms with Gasteiger partial charge in [-0.1, -0.05) is 36.6 Å². The minimum atomic E-state index is -4.71. The molecule has 1 saturated carbocycles. The molecule has 27 heavy (non-hydrogen) atoms. The van der Waals surface area contributed by atoms with E-state index in [2.05, 4.69) is 26.0 Å². The maximum absolute atomic E-state index is 12.5. The lowest BCUT2D eigenvalue weighted by Crippen LogP contribution is -2.40. The lowest BCUT2D eigenvalue weighted by molar-refractivity contribution is -0.159. The summed E-state index contributed by atoms with van der Waals surface area (Å²) in [6.07, 6.45) is 0.371. The van der Waals surface area contributed by atoms with Crippen molar-refractivity contribution in [2.24, 2.45) is 5.92 Å². The monoisotopic (exact) mass is 378 g/mol. The first-order chi connectivity index (χ1) is 12.9. The van der Waals surface area contributed by atoms with Gasteiger partial charge in [0.1, 0.15) is 6.04 Å². The van der Waals surface area contributed by atoms with E-state index in [0.717, 1.165) is 32.1 Å². The van der Waals surface area contributed by atoms with Gasteiger partial charge in [-0.2, -0.15) is 23.4 Å². The van der Waals surface area contributed by atoms with Crippen LogP contribution in [0.5, 0.6) is 0 Å². The summed E-state index contributed by atoms with van der Waals surface area (Å²) in [5.41, 5.74) is 0.587. The van der Waals surface area contributed by atoms with Crippen LogP contribution in [0.15, 0.2) is 28.8 Å². The first-order valence-corrected chi connectivity index (χ1v) is 8.60. The molecule has 0 saturated heterocycles. The fraction of sp³-hybridized carbons (Fsp3) is 0.444. The van der Waals surface area contributed by atoms with E-state index in [0.29, 0.717) is 5.56 Å². The number of nitriles is 1. The average Bonchev–Trinajstić information content (AvgIpc) is 3.17. The normalized spacial score (nSPS) is 16.5. The molecule has 1 atom stereocenters. The van der Waals surface area contributed by atoms with Crippen molar-refractivity contribution in [2.75, 3.05) is 0 Å². The van der Waals surface area contributed by atoms with Crippen molar-refractivity contribution >= 4 is 5.91 Å². The van der Waals surface area contributed by atoms with Gasteiger partial charge in [0.25, 0.3) is 5.91 Å². The average molecular weight is 378 g/mol. The third-order valence-electron chi connectivity index (χ3n) is 4.62. The van der Waals surface area contributed by atoms with E-state index in [9.17, 15) is 23.2 Å². The number of amides is 1. The van der Waals surface area contributed by atoms with E-state index in [1.165, 1.54) is 24.3 Å². The molecule has 0 spiro atoms. The van der Waals surface area contributed by atoms with Crippen molar-refractivity contribution < 1.29 is 22.5 Å². The number of benzene rings is 1. The molecule has 2 aromatic rings. The second kappa shape index (κ2) is 7.78. The highest BCUT2D eigenvalue weighted by molar-refractivity contribution is 5.95. The molecule has 1 aromatic heterocycles. The molecule has 9 heteroatoms. The van der Waals surface area contributed by atoms with Crippen LogP contribution in [0, 0.1) is 17.2 Å². The van der Waals surface area contributed by atoms with Crippen LogP contribution in [-0.4, -0.2) is 22.1 Å². The number of nitrogens with zero attached hydrogens (tertiary/aromatic N) is 3. The van der Waals surface area contributed by atoms with Gasteiger partial charge in [0.05, 0.1) is 6.07 Å². The Morgan fingerprint density at radius 1 is 1.22 bits per heavy atom. The maximum Gasteiger partial charge on any atom is 0.471 e. The predicted molar refractivity (Wildman–Crippen MR) is 88.2 cm³/mol. The standard InChI is InChI=1S/C18H17F3N4O2/c19-18(20,21)17-24-15(25-27-17)12-6-8-13(9-7-12)16(26)23-14(10-22)11-4-2-1-3-5-11/h6-9,11,14H,1-5H2,(H,23,26)/t14-/m0/s1. The Bertz CT molecular complexity index is 834. The fourth-order valence-electron chi connectivity index (χ4n) is 3.17. The van der Waals surface area contributed by atoms with Gasteiger partial charge in [0.2, 0.25) is 5.82 Å². The fourth-order valence-corrected chi connectivity index (χ4v) is 3.17. The van der Waals surface area contributed by atoms with Crippen LogP contribution in [0.4, 0.5) is 13.2 Å². The lowest BCUT2D eigenvalue weighted by atomic mass is 9.84. The topological polar surface area (TPSA) is 91.8 Å². The van der Waals surface area contributed by atoms with Crippen molar-refractivity contribution in [1.82, 2.24) is 15.5 Å². The SMILES string of the molecule is N#C[C@H](NC(=O)c1ccc(-c2noc(C(F)(F)F)n2)cc1)C1CCCCC1. The third kappa shape index (κ3) is 4.45. The molecule has 1 amide bonds. The molecule has 0 bridgehead atoms. The third-order valence-corrected chi connectivity index (χ3v) is 4.62.